The molecule has 0 amide bonds. The van der Waals surface area contributed by atoms with Crippen molar-refractivity contribution in [2.45, 2.75) is 6.04 Å². The highest BCUT2D eigenvalue weighted by molar-refractivity contribution is 7.92. The predicted molar refractivity (Wildman–Crippen MR) is 95.2 cm³/mol. The number of rotatable bonds is 7. The Kier molecular flexibility index (Phi) is 6.25. The van der Waals surface area contributed by atoms with Gasteiger partial charge in [0.1, 0.15) is 5.82 Å². The van der Waals surface area contributed by atoms with Gasteiger partial charge in [0.05, 0.1) is 0 Å². The monoisotopic (exact) mass is 348 g/mol. The molecule has 4 nitrogen and oxygen atoms in total. The number of sulfonamides is 1. The van der Waals surface area contributed by atoms with Gasteiger partial charge in [-0.25, -0.2) is 17.5 Å². The predicted octanol–water partition coefficient (Wildman–Crippen LogP) is 3.02. The third-order valence-electron chi connectivity index (χ3n) is 3.60. The van der Waals surface area contributed by atoms with Gasteiger partial charge in [-0.3, -0.25) is 0 Å². The van der Waals surface area contributed by atoms with Gasteiger partial charge in [-0.05, 0) is 43.4 Å². The van der Waals surface area contributed by atoms with Crippen molar-refractivity contribution in [3.05, 3.63) is 76.9 Å². The van der Waals surface area contributed by atoms with Crippen LogP contribution in [-0.2, 0) is 10.0 Å². The van der Waals surface area contributed by atoms with Gasteiger partial charge in [-0.15, -0.1) is 0 Å². The molecular formula is C18H21FN2O2S. The van der Waals surface area contributed by atoms with E-state index in [2.05, 4.69) is 4.72 Å². The number of hydrogen-bond donors (Lipinski definition) is 1. The zero-order valence-corrected chi connectivity index (χ0v) is 14.5. The lowest BCUT2D eigenvalue weighted by Crippen LogP contribution is -2.33. The minimum atomic E-state index is -3.56. The Morgan fingerprint density at radius 1 is 1.08 bits per heavy atom. The number of benzene rings is 2. The van der Waals surface area contributed by atoms with Crippen LogP contribution in [-0.4, -0.2) is 34.0 Å². The molecule has 1 atom stereocenters. The van der Waals surface area contributed by atoms with Crippen LogP contribution in [0.5, 0.6) is 0 Å². The van der Waals surface area contributed by atoms with Crippen LogP contribution in [0.1, 0.15) is 17.2 Å². The van der Waals surface area contributed by atoms with Crippen LogP contribution >= 0.6 is 0 Å². The molecule has 0 aliphatic heterocycles. The fourth-order valence-electron chi connectivity index (χ4n) is 2.26. The molecule has 0 aromatic heterocycles. The Morgan fingerprint density at radius 3 is 2.29 bits per heavy atom. The van der Waals surface area contributed by atoms with Crippen LogP contribution in [0.3, 0.4) is 0 Å². The van der Waals surface area contributed by atoms with Gasteiger partial charge in [-0.2, -0.15) is 0 Å². The van der Waals surface area contributed by atoms with Gasteiger partial charge in [-0.1, -0.05) is 42.5 Å². The van der Waals surface area contributed by atoms with E-state index in [0.29, 0.717) is 0 Å². The maximum Gasteiger partial charge on any atom is 0.233 e. The van der Waals surface area contributed by atoms with Crippen molar-refractivity contribution in [2.75, 3.05) is 20.6 Å². The average Bonchev–Trinajstić information content (AvgIpc) is 2.55. The first-order valence-electron chi connectivity index (χ1n) is 7.52. The lowest BCUT2D eigenvalue weighted by atomic mass is 10.1. The molecule has 2 aromatic rings. The summed E-state index contributed by atoms with van der Waals surface area (Å²) in [5.74, 6) is -0.317. The second-order valence-electron chi connectivity index (χ2n) is 5.64. The third-order valence-corrected chi connectivity index (χ3v) is 4.66. The molecule has 2 rings (SSSR count). The van der Waals surface area contributed by atoms with Gasteiger partial charge in [0.2, 0.25) is 10.0 Å². The summed E-state index contributed by atoms with van der Waals surface area (Å²) in [4.78, 5) is 1.89. The lowest BCUT2D eigenvalue weighted by Gasteiger charge is -2.24. The van der Waals surface area contributed by atoms with E-state index in [1.54, 1.807) is 18.2 Å². The van der Waals surface area contributed by atoms with Crippen LogP contribution < -0.4 is 4.72 Å². The van der Waals surface area contributed by atoms with E-state index in [0.717, 1.165) is 16.5 Å². The molecule has 128 valence electrons. The third kappa shape index (κ3) is 5.56. The summed E-state index contributed by atoms with van der Waals surface area (Å²) in [5, 5.41) is 1.15. The van der Waals surface area contributed by atoms with Crippen LogP contribution in [0.2, 0.25) is 0 Å². The topological polar surface area (TPSA) is 49.4 Å². The van der Waals surface area contributed by atoms with Crippen molar-refractivity contribution in [3.63, 3.8) is 0 Å². The van der Waals surface area contributed by atoms with Crippen molar-refractivity contribution in [2.24, 2.45) is 0 Å². The summed E-state index contributed by atoms with van der Waals surface area (Å²) in [7, 11) is 0.143. The maximum atomic E-state index is 13.1. The quantitative estimate of drug-likeness (QED) is 0.837. The second kappa shape index (κ2) is 8.19. The molecule has 0 aliphatic rings. The number of halogens is 1. The first-order valence-corrected chi connectivity index (χ1v) is 9.07. The van der Waals surface area contributed by atoms with Crippen LogP contribution in [0.15, 0.2) is 60.0 Å². The fourth-order valence-corrected chi connectivity index (χ4v) is 3.08. The molecule has 0 aliphatic carbocycles. The highest BCUT2D eigenvalue weighted by atomic mass is 32.2. The van der Waals surface area contributed by atoms with E-state index >= 15 is 0 Å². The van der Waals surface area contributed by atoms with Crippen molar-refractivity contribution in [1.29, 1.82) is 0 Å². The Morgan fingerprint density at radius 2 is 1.71 bits per heavy atom. The SMILES string of the molecule is CN(C)[C@@H](CNS(=O)(=O)/C=C/c1ccccc1)c1ccc(F)cc1. The highest BCUT2D eigenvalue weighted by Gasteiger charge is 2.16. The molecule has 0 heterocycles. The lowest BCUT2D eigenvalue weighted by molar-refractivity contribution is 0.299. The summed E-state index contributed by atoms with van der Waals surface area (Å²) < 4.78 is 39.9. The van der Waals surface area contributed by atoms with Gasteiger partial charge in [0.25, 0.3) is 0 Å². The fraction of sp³-hybridized carbons (Fsp3) is 0.222. The molecule has 0 unspecified atom stereocenters. The highest BCUT2D eigenvalue weighted by Crippen LogP contribution is 2.18. The van der Waals surface area contributed by atoms with E-state index < -0.39 is 10.0 Å². The second-order valence-corrected chi connectivity index (χ2v) is 7.29. The zero-order chi connectivity index (χ0) is 17.6. The largest absolute Gasteiger partial charge is 0.301 e. The Hall–Kier alpha value is -2.02. The summed E-state index contributed by atoms with van der Waals surface area (Å²) in [6.07, 6.45) is 1.55. The van der Waals surface area contributed by atoms with Gasteiger partial charge < -0.3 is 4.90 Å². The summed E-state index contributed by atoms with van der Waals surface area (Å²) >= 11 is 0. The smallest absolute Gasteiger partial charge is 0.233 e. The molecule has 1 N–H and O–H groups in total. The van der Waals surface area contributed by atoms with E-state index in [4.69, 9.17) is 0 Å². The summed E-state index contributed by atoms with van der Waals surface area (Å²) in [5.41, 5.74) is 1.65. The Labute approximate surface area is 142 Å². The van der Waals surface area contributed by atoms with E-state index in [-0.39, 0.29) is 18.4 Å². The zero-order valence-electron chi connectivity index (χ0n) is 13.7. The normalized spacial score (nSPS) is 13.5. The van der Waals surface area contributed by atoms with E-state index in [9.17, 15) is 12.8 Å². The number of nitrogens with zero attached hydrogens (tertiary/aromatic N) is 1. The van der Waals surface area contributed by atoms with Crippen molar-refractivity contribution in [1.82, 2.24) is 9.62 Å². The number of hydrogen-bond acceptors (Lipinski definition) is 3. The van der Waals surface area contributed by atoms with Gasteiger partial charge >= 0.3 is 0 Å². The molecule has 0 fully saturated rings. The van der Waals surface area contributed by atoms with Crippen LogP contribution in [0, 0.1) is 5.82 Å². The van der Waals surface area contributed by atoms with Crippen LogP contribution in [0.25, 0.3) is 6.08 Å². The first-order chi connectivity index (χ1) is 11.4. The summed E-state index contributed by atoms with van der Waals surface area (Å²) in [6.45, 7) is 0.195. The molecule has 0 saturated carbocycles. The Bertz CT molecular complexity index is 772. The van der Waals surface area contributed by atoms with Crippen molar-refractivity contribution < 1.29 is 12.8 Å². The van der Waals surface area contributed by atoms with Crippen LogP contribution in [0.4, 0.5) is 4.39 Å². The number of nitrogens with one attached hydrogen (secondary N) is 1. The van der Waals surface area contributed by atoms with E-state index in [1.165, 1.54) is 12.1 Å². The molecule has 0 spiro atoms. The average molecular weight is 348 g/mol. The summed E-state index contributed by atoms with van der Waals surface area (Å²) in [6, 6.07) is 15.1. The van der Waals surface area contributed by atoms with E-state index in [1.807, 2.05) is 49.3 Å². The minimum Gasteiger partial charge on any atom is -0.301 e. The standard InChI is InChI=1S/C18H21FN2O2S/c1-21(2)18(16-8-10-17(19)11-9-16)14-20-24(22,23)13-12-15-6-4-3-5-7-15/h3-13,18,20H,14H2,1-2H3/b13-12+/t18-/m0/s1. The molecule has 2 aromatic carbocycles. The first kappa shape index (κ1) is 18.3. The molecule has 0 radical (unpaired) electrons. The molecular weight excluding hydrogens is 327 g/mol. The number of likely N-dealkylation sites (N-methyl/N-ethyl adjacent to an activating group) is 1. The molecule has 0 bridgehead atoms. The van der Waals surface area contributed by atoms with Gasteiger partial charge in [0, 0.05) is 18.0 Å². The molecule has 0 saturated heterocycles. The van der Waals surface area contributed by atoms with Gasteiger partial charge in [0.15, 0.2) is 0 Å². The Balaban J connectivity index is 2.05. The van der Waals surface area contributed by atoms with Crippen molar-refractivity contribution in [3.8, 4) is 0 Å². The minimum absolute atomic E-state index is 0.189. The maximum absolute atomic E-state index is 13.1. The molecule has 6 heteroatoms. The van der Waals surface area contributed by atoms with Crippen molar-refractivity contribution >= 4 is 16.1 Å². The molecule has 24 heavy (non-hydrogen) atoms.